The molecule has 0 heterocycles. The van der Waals surface area contributed by atoms with Gasteiger partial charge in [0.25, 0.3) is 15.7 Å². The van der Waals surface area contributed by atoms with Gasteiger partial charge in [-0.3, -0.25) is 24.0 Å². The highest BCUT2D eigenvalue weighted by Gasteiger charge is 2.36. The molecular weight excluding hydrogens is 620 g/mol. The first-order valence-electron chi connectivity index (χ1n) is 14.5. The van der Waals surface area contributed by atoms with Crippen LogP contribution in [0.2, 0.25) is 5.02 Å². The van der Waals surface area contributed by atoms with Crippen molar-refractivity contribution >= 4 is 44.8 Å². The summed E-state index contributed by atoms with van der Waals surface area (Å²) in [5.74, 6) is -0.936. The molecular formula is C32H39ClN4O7S. The summed E-state index contributed by atoms with van der Waals surface area (Å²) in [6.45, 7) is 8.26. The van der Waals surface area contributed by atoms with E-state index in [0.717, 1.165) is 21.5 Å². The average Bonchev–Trinajstić information content (AvgIpc) is 3.00. The summed E-state index contributed by atoms with van der Waals surface area (Å²) in [6.07, 6.45) is 0.939. The summed E-state index contributed by atoms with van der Waals surface area (Å²) in [4.78, 5) is 39.7. The number of aryl methyl sites for hydroxylation is 2. The maximum Gasteiger partial charge on any atom is 0.273 e. The second-order valence-corrected chi connectivity index (χ2v) is 13.1. The number of hydrogen-bond donors (Lipinski definition) is 1. The van der Waals surface area contributed by atoms with Crippen LogP contribution in [0.1, 0.15) is 50.3 Å². The minimum absolute atomic E-state index is 0.0299. The van der Waals surface area contributed by atoms with Crippen molar-refractivity contribution < 1.29 is 27.7 Å². The molecule has 45 heavy (non-hydrogen) atoms. The molecule has 0 saturated heterocycles. The monoisotopic (exact) mass is 658 g/mol. The van der Waals surface area contributed by atoms with E-state index in [2.05, 4.69) is 5.32 Å². The van der Waals surface area contributed by atoms with Crippen molar-refractivity contribution in [3.63, 3.8) is 0 Å². The molecule has 3 aromatic carbocycles. The second kappa shape index (κ2) is 15.2. The van der Waals surface area contributed by atoms with E-state index in [1.807, 2.05) is 45.0 Å². The quantitative estimate of drug-likeness (QED) is 0.171. The van der Waals surface area contributed by atoms with E-state index >= 15 is 0 Å². The first kappa shape index (κ1) is 35.3. The number of anilines is 1. The van der Waals surface area contributed by atoms with E-state index in [9.17, 15) is 28.1 Å². The predicted octanol–water partition coefficient (Wildman–Crippen LogP) is 5.79. The van der Waals surface area contributed by atoms with E-state index in [4.69, 9.17) is 16.3 Å². The van der Waals surface area contributed by atoms with Gasteiger partial charge < -0.3 is 15.0 Å². The van der Waals surface area contributed by atoms with Crippen LogP contribution in [0, 0.1) is 24.0 Å². The third-order valence-corrected chi connectivity index (χ3v) is 9.51. The Balaban J connectivity index is 2.18. The van der Waals surface area contributed by atoms with Gasteiger partial charge in [0.1, 0.15) is 18.3 Å². The van der Waals surface area contributed by atoms with Crippen molar-refractivity contribution in [1.29, 1.82) is 0 Å². The summed E-state index contributed by atoms with van der Waals surface area (Å²) in [7, 11) is -3.28. The smallest absolute Gasteiger partial charge is 0.273 e. The zero-order valence-corrected chi connectivity index (χ0v) is 27.8. The molecule has 3 rings (SSSR count). The van der Waals surface area contributed by atoms with Crippen LogP contribution in [0.3, 0.4) is 0 Å². The number of amides is 2. The number of hydrogen-bond acceptors (Lipinski definition) is 7. The zero-order chi connectivity index (χ0) is 33.5. The summed E-state index contributed by atoms with van der Waals surface area (Å²) in [6, 6.07) is 14.2. The fourth-order valence-electron chi connectivity index (χ4n) is 4.70. The summed E-state index contributed by atoms with van der Waals surface area (Å²) in [5, 5.41) is 14.8. The lowest BCUT2D eigenvalue weighted by molar-refractivity contribution is -0.385. The molecule has 0 aliphatic heterocycles. The van der Waals surface area contributed by atoms with Crippen LogP contribution >= 0.6 is 11.6 Å². The number of carbonyl (C=O) groups is 2. The minimum atomic E-state index is -4.62. The van der Waals surface area contributed by atoms with Crippen molar-refractivity contribution in [1.82, 2.24) is 10.2 Å². The fourth-order valence-corrected chi connectivity index (χ4v) is 6.30. The van der Waals surface area contributed by atoms with Crippen molar-refractivity contribution in [2.75, 3.05) is 18.0 Å². The fraction of sp³-hybridized carbons (Fsp3) is 0.375. The lowest BCUT2D eigenvalue weighted by Crippen LogP contribution is -2.53. The van der Waals surface area contributed by atoms with Crippen molar-refractivity contribution in [2.24, 2.45) is 0 Å². The number of carbonyl (C=O) groups excluding carboxylic acids is 2. The molecule has 0 aliphatic carbocycles. The van der Waals surface area contributed by atoms with E-state index in [1.165, 1.54) is 49.3 Å². The minimum Gasteiger partial charge on any atom is -0.495 e. The van der Waals surface area contributed by atoms with E-state index in [-0.39, 0.29) is 46.9 Å². The van der Waals surface area contributed by atoms with Crippen molar-refractivity contribution in [2.45, 2.75) is 71.0 Å². The Kier molecular flexibility index (Phi) is 11.9. The maximum absolute atomic E-state index is 14.3. The zero-order valence-electron chi connectivity index (χ0n) is 26.2. The van der Waals surface area contributed by atoms with Gasteiger partial charge in [-0.2, -0.15) is 0 Å². The molecule has 11 nitrogen and oxygen atoms in total. The van der Waals surface area contributed by atoms with Crippen LogP contribution in [0.4, 0.5) is 11.4 Å². The molecule has 13 heteroatoms. The van der Waals surface area contributed by atoms with Gasteiger partial charge in [-0.1, -0.05) is 61.3 Å². The Morgan fingerprint density at radius 2 is 1.69 bits per heavy atom. The number of benzene rings is 3. The first-order valence-corrected chi connectivity index (χ1v) is 16.3. The predicted molar refractivity (Wildman–Crippen MR) is 174 cm³/mol. The molecule has 0 fully saturated rings. The lowest BCUT2D eigenvalue weighted by Gasteiger charge is -2.34. The number of nitro benzene ring substituents is 1. The normalized spacial score (nSPS) is 12.6. The Morgan fingerprint density at radius 3 is 2.27 bits per heavy atom. The third kappa shape index (κ3) is 8.52. The molecule has 0 aliphatic rings. The molecule has 2 amide bonds. The Hall–Kier alpha value is -4.16. The molecule has 1 N–H and O–H groups in total. The van der Waals surface area contributed by atoms with Gasteiger partial charge in [-0.15, -0.1) is 0 Å². The van der Waals surface area contributed by atoms with Crippen LogP contribution < -0.4 is 14.4 Å². The third-order valence-electron chi connectivity index (χ3n) is 7.51. The lowest BCUT2D eigenvalue weighted by atomic mass is 10.1. The number of halogens is 1. The van der Waals surface area contributed by atoms with Gasteiger partial charge in [0.2, 0.25) is 11.8 Å². The van der Waals surface area contributed by atoms with Gasteiger partial charge >= 0.3 is 0 Å². The van der Waals surface area contributed by atoms with Crippen LogP contribution in [-0.2, 0) is 26.2 Å². The van der Waals surface area contributed by atoms with Gasteiger partial charge in [0, 0.05) is 29.2 Å². The van der Waals surface area contributed by atoms with Gasteiger partial charge in [0.15, 0.2) is 0 Å². The number of methoxy groups -OCH3 is 1. The highest BCUT2D eigenvalue weighted by atomic mass is 35.5. The highest BCUT2D eigenvalue weighted by Crippen LogP contribution is 2.36. The molecule has 3 aromatic rings. The molecule has 242 valence electrons. The van der Waals surface area contributed by atoms with Crippen LogP contribution in [0.5, 0.6) is 5.75 Å². The molecule has 0 spiro atoms. The van der Waals surface area contributed by atoms with Crippen LogP contribution in [-0.4, -0.2) is 55.8 Å². The van der Waals surface area contributed by atoms with Crippen molar-refractivity contribution in [3.8, 4) is 5.75 Å². The summed E-state index contributed by atoms with van der Waals surface area (Å²) in [5.41, 5.74) is 1.58. The standard InChI is InChI=1S/C32H39ClN4O7S/c1-7-23(5)34-32(39)27(8-2)35(19-24-12-9-21(3)10-13-24)31(38)20-36(29-17-25(33)14-16-30(29)44-6)45(42,43)26-15-11-22(4)28(18-26)37(40)41/h9-18,23,27H,7-8,19-20H2,1-6H3,(H,34,39)/t23-,27-/m1/s1. The van der Waals surface area contributed by atoms with Gasteiger partial charge in [0.05, 0.1) is 22.6 Å². The van der Waals surface area contributed by atoms with Crippen LogP contribution in [0.15, 0.2) is 65.6 Å². The average molecular weight is 659 g/mol. The molecule has 0 unspecified atom stereocenters. The van der Waals surface area contributed by atoms with Gasteiger partial charge in [-0.25, -0.2) is 8.42 Å². The summed E-state index contributed by atoms with van der Waals surface area (Å²) >= 11 is 6.28. The van der Waals surface area contributed by atoms with E-state index in [0.29, 0.717) is 6.42 Å². The molecule has 2 atom stereocenters. The topological polar surface area (TPSA) is 139 Å². The number of ether oxygens (including phenoxy) is 1. The molecule has 0 bridgehead atoms. The van der Waals surface area contributed by atoms with Gasteiger partial charge in [-0.05, 0) is 63.4 Å². The number of nitro groups is 1. The number of rotatable bonds is 14. The number of sulfonamides is 1. The van der Waals surface area contributed by atoms with Crippen molar-refractivity contribution in [3.05, 3.63) is 92.5 Å². The highest BCUT2D eigenvalue weighted by molar-refractivity contribution is 7.92. The largest absolute Gasteiger partial charge is 0.495 e. The molecule has 0 aromatic heterocycles. The Morgan fingerprint density at radius 1 is 1.02 bits per heavy atom. The van der Waals surface area contributed by atoms with Crippen LogP contribution in [0.25, 0.3) is 0 Å². The Bertz CT molecular complexity index is 1650. The number of nitrogens with one attached hydrogen (secondary N) is 1. The summed E-state index contributed by atoms with van der Waals surface area (Å²) < 4.78 is 34.8. The Labute approximate surface area is 269 Å². The second-order valence-electron chi connectivity index (χ2n) is 10.8. The van der Waals surface area contributed by atoms with E-state index < -0.39 is 44.0 Å². The first-order chi connectivity index (χ1) is 21.2. The molecule has 0 saturated carbocycles. The van der Waals surface area contributed by atoms with E-state index in [1.54, 1.807) is 6.92 Å². The SMILES string of the molecule is CC[C@@H](C)NC(=O)[C@@H](CC)N(Cc1ccc(C)cc1)C(=O)CN(c1cc(Cl)ccc1OC)S(=O)(=O)c1ccc(C)c([N+](=O)[O-])c1. The maximum atomic E-state index is 14.3. The number of nitrogens with zero attached hydrogens (tertiary/aromatic N) is 3. The molecule has 0 radical (unpaired) electrons.